The molecule has 0 radical (unpaired) electrons. The van der Waals surface area contributed by atoms with Gasteiger partial charge in [-0.25, -0.2) is 21.6 Å². The lowest BCUT2D eigenvalue weighted by atomic mass is 10.1. The van der Waals surface area contributed by atoms with Crippen LogP contribution < -0.4 is 10.0 Å². The number of sulfonamides is 1. The van der Waals surface area contributed by atoms with Crippen molar-refractivity contribution in [3.05, 3.63) is 88.4 Å². The number of aromatic carboxylic acids is 1. The van der Waals surface area contributed by atoms with Crippen LogP contribution in [0.2, 0.25) is 5.02 Å². The number of carboxylic acid groups (broad SMARTS) is 1. The predicted molar refractivity (Wildman–Crippen MR) is 137 cm³/mol. The molecule has 0 aliphatic heterocycles. The van der Waals surface area contributed by atoms with Crippen molar-refractivity contribution in [2.45, 2.75) is 22.3 Å². The number of rotatable bonds is 11. The summed E-state index contributed by atoms with van der Waals surface area (Å²) in [4.78, 5) is 11.3. The maximum absolute atomic E-state index is 13.0. The fourth-order valence-electron chi connectivity index (χ4n) is 3.43. The van der Waals surface area contributed by atoms with E-state index >= 15 is 0 Å². The van der Waals surface area contributed by atoms with Crippen LogP contribution in [0.25, 0.3) is 0 Å². The van der Waals surface area contributed by atoms with Gasteiger partial charge in [0.25, 0.3) is 0 Å². The standard InChI is InChI=1S/C24H25ClN2O7S2/c1-35(31,32)27-22-10-9-20(14-21(22)24(29)30)36(33,34)19-7-5-16(6-8-19)11-12-26-15-23(28)17-3-2-4-18(25)13-17/h2-10,13-14,23,26-28H,11-12,15H2,1H3,(H,29,30)/t23-/m0/s1. The molecule has 3 aromatic rings. The van der Waals surface area contributed by atoms with Crippen LogP contribution in [0.1, 0.15) is 27.6 Å². The molecule has 12 heteroatoms. The second kappa shape index (κ2) is 11.4. The first-order valence-electron chi connectivity index (χ1n) is 10.7. The lowest BCUT2D eigenvalue weighted by molar-refractivity contribution is 0.0697. The number of hydrogen-bond acceptors (Lipinski definition) is 7. The first-order chi connectivity index (χ1) is 16.9. The van der Waals surface area contributed by atoms with Crippen molar-refractivity contribution in [1.29, 1.82) is 0 Å². The number of hydrogen-bond donors (Lipinski definition) is 4. The van der Waals surface area contributed by atoms with Crippen LogP contribution in [0.4, 0.5) is 5.69 Å². The van der Waals surface area contributed by atoms with Crippen molar-refractivity contribution in [3.8, 4) is 0 Å². The van der Waals surface area contributed by atoms with E-state index in [1.165, 1.54) is 12.1 Å². The van der Waals surface area contributed by atoms with Gasteiger partial charge >= 0.3 is 5.97 Å². The highest BCUT2D eigenvalue weighted by molar-refractivity contribution is 7.92. The Morgan fingerprint density at radius 1 is 0.972 bits per heavy atom. The Morgan fingerprint density at radius 3 is 2.25 bits per heavy atom. The van der Waals surface area contributed by atoms with E-state index in [1.54, 1.807) is 36.4 Å². The molecule has 0 aliphatic carbocycles. The molecule has 4 N–H and O–H groups in total. The highest BCUT2D eigenvalue weighted by atomic mass is 35.5. The summed E-state index contributed by atoms with van der Waals surface area (Å²) in [7, 11) is -7.80. The molecule has 0 saturated carbocycles. The van der Waals surface area contributed by atoms with Crippen LogP contribution in [-0.2, 0) is 26.3 Å². The van der Waals surface area contributed by atoms with Crippen molar-refractivity contribution < 1.29 is 31.8 Å². The highest BCUT2D eigenvalue weighted by Crippen LogP contribution is 2.26. The summed E-state index contributed by atoms with van der Waals surface area (Å²) in [6.07, 6.45) is 0.727. The average molecular weight is 553 g/mol. The highest BCUT2D eigenvalue weighted by Gasteiger charge is 2.22. The van der Waals surface area contributed by atoms with Crippen LogP contribution >= 0.6 is 11.6 Å². The first-order valence-corrected chi connectivity index (χ1v) is 14.5. The van der Waals surface area contributed by atoms with Gasteiger partial charge in [-0.2, -0.15) is 0 Å². The maximum atomic E-state index is 13.0. The summed E-state index contributed by atoms with van der Waals surface area (Å²) in [6.45, 7) is 0.864. The molecule has 192 valence electrons. The zero-order valence-electron chi connectivity index (χ0n) is 19.2. The van der Waals surface area contributed by atoms with Crippen LogP contribution in [0, 0.1) is 0 Å². The van der Waals surface area contributed by atoms with Crippen LogP contribution in [0.3, 0.4) is 0 Å². The summed E-state index contributed by atoms with van der Waals surface area (Å²) < 4.78 is 51.1. The number of sulfone groups is 1. The Balaban J connectivity index is 1.66. The van der Waals surface area contributed by atoms with Gasteiger partial charge in [0, 0.05) is 11.6 Å². The van der Waals surface area contributed by atoms with Crippen molar-refractivity contribution in [2.75, 3.05) is 24.1 Å². The van der Waals surface area contributed by atoms with Gasteiger partial charge in [-0.1, -0.05) is 35.9 Å². The maximum Gasteiger partial charge on any atom is 0.337 e. The Labute approximate surface area is 214 Å². The molecule has 0 aromatic heterocycles. The molecule has 0 aliphatic rings. The quantitative estimate of drug-likeness (QED) is 0.265. The molecule has 0 amide bonds. The molecule has 3 rings (SSSR count). The number of carbonyl (C=O) groups is 1. The molecule has 1 atom stereocenters. The minimum absolute atomic E-state index is 0.0317. The van der Waals surface area contributed by atoms with Gasteiger partial charge < -0.3 is 15.5 Å². The second-order valence-corrected chi connectivity index (χ2v) is 12.2. The zero-order chi connectivity index (χ0) is 26.5. The number of aliphatic hydroxyl groups excluding tert-OH is 1. The molecule has 36 heavy (non-hydrogen) atoms. The second-order valence-electron chi connectivity index (χ2n) is 8.06. The SMILES string of the molecule is CS(=O)(=O)Nc1ccc(S(=O)(=O)c2ccc(CCNC[C@H](O)c3cccc(Cl)c3)cc2)cc1C(=O)O. The Morgan fingerprint density at radius 2 is 1.64 bits per heavy atom. The van der Waals surface area contributed by atoms with Gasteiger partial charge in [0.1, 0.15) is 0 Å². The number of carboxylic acids is 1. The molecule has 0 spiro atoms. The normalized spacial score (nSPS) is 12.8. The average Bonchev–Trinajstić information content (AvgIpc) is 2.81. The molecule has 9 nitrogen and oxygen atoms in total. The van der Waals surface area contributed by atoms with E-state index in [0.29, 0.717) is 30.1 Å². The van der Waals surface area contributed by atoms with Gasteiger partial charge in [0.15, 0.2) is 0 Å². The zero-order valence-corrected chi connectivity index (χ0v) is 21.6. The van der Waals surface area contributed by atoms with E-state index in [2.05, 4.69) is 10.0 Å². The Kier molecular flexibility index (Phi) is 8.75. The minimum atomic E-state index is -4.04. The van der Waals surface area contributed by atoms with E-state index < -0.39 is 37.5 Å². The number of nitrogens with one attached hydrogen (secondary N) is 2. The van der Waals surface area contributed by atoms with Crippen LogP contribution in [0.15, 0.2) is 76.5 Å². The third kappa shape index (κ3) is 7.28. The van der Waals surface area contributed by atoms with Crippen molar-refractivity contribution in [3.63, 3.8) is 0 Å². The summed E-state index contributed by atoms with van der Waals surface area (Å²) in [5, 5.41) is 23.3. The molecule has 0 bridgehead atoms. The van der Waals surface area contributed by atoms with E-state index in [-0.39, 0.29) is 15.5 Å². The van der Waals surface area contributed by atoms with Gasteiger partial charge in [-0.15, -0.1) is 0 Å². The summed E-state index contributed by atoms with van der Waals surface area (Å²) >= 11 is 5.94. The molecule has 3 aromatic carbocycles. The van der Waals surface area contributed by atoms with Gasteiger partial charge in [-0.05, 0) is 66.6 Å². The summed E-state index contributed by atoms with van der Waals surface area (Å²) in [5.74, 6) is -1.47. The van der Waals surface area contributed by atoms with Gasteiger partial charge in [-0.3, -0.25) is 4.72 Å². The molecular weight excluding hydrogens is 528 g/mol. The van der Waals surface area contributed by atoms with Gasteiger partial charge in [0.2, 0.25) is 19.9 Å². The summed E-state index contributed by atoms with van der Waals surface area (Å²) in [6, 6.07) is 16.3. The fraction of sp³-hybridized carbons (Fsp3) is 0.208. The number of aliphatic hydroxyl groups is 1. The third-order valence-corrected chi connectivity index (χ3v) is 7.82. The van der Waals surface area contributed by atoms with Crippen LogP contribution in [-0.4, -0.2) is 52.4 Å². The Bertz CT molecular complexity index is 1460. The lowest BCUT2D eigenvalue weighted by Crippen LogP contribution is -2.23. The van der Waals surface area contributed by atoms with E-state index in [0.717, 1.165) is 30.0 Å². The number of anilines is 1. The Hall–Kier alpha value is -2.96. The lowest BCUT2D eigenvalue weighted by Gasteiger charge is -2.13. The smallest absolute Gasteiger partial charge is 0.337 e. The third-order valence-electron chi connectivity index (χ3n) is 5.22. The van der Waals surface area contributed by atoms with Crippen molar-refractivity contribution in [2.24, 2.45) is 0 Å². The summed E-state index contributed by atoms with van der Waals surface area (Å²) in [5.41, 5.74) is 0.852. The molecule has 0 fully saturated rings. The van der Waals surface area contributed by atoms with E-state index in [9.17, 15) is 31.8 Å². The van der Waals surface area contributed by atoms with E-state index in [1.807, 2.05) is 0 Å². The molecule has 0 heterocycles. The van der Waals surface area contributed by atoms with Crippen molar-refractivity contribution in [1.82, 2.24) is 5.32 Å². The minimum Gasteiger partial charge on any atom is -0.478 e. The van der Waals surface area contributed by atoms with Gasteiger partial charge in [0.05, 0.1) is 33.4 Å². The monoisotopic (exact) mass is 552 g/mol. The predicted octanol–water partition coefficient (Wildman–Crippen LogP) is 3.11. The van der Waals surface area contributed by atoms with Crippen molar-refractivity contribution >= 4 is 43.1 Å². The number of halogens is 1. The van der Waals surface area contributed by atoms with E-state index in [4.69, 9.17) is 11.6 Å². The fourth-order valence-corrected chi connectivity index (χ4v) is 5.49. The molecule has 0 saturated heterocycles. The first kappa shape index (κ1) is 27.6. The number of benzene rings is 3. The largest absolute Gasteiger partial charge is 0.478 e. The molecular formula is C24H25ClN2O7S2. The molecule has 0 unspecified atom stereocenters. The topological polar surface area (TPSA) is 150 Å². The van der Waals surface area contributed by atoms with Crippen LogP contribution in [0.5, 0.6) is 0 Å².